The van der Waals surface area contributed by atoms with E-state index in [1.807, 2.05) is 6.92 Å². The highest BCUT2D eigenvalue weighted by Gasteiger charge is 2.32. The first kappa shape index (κ1) is 10.0. The molecule has 1 aliphatic rings. The Balaban J connectivity index is 2.29. The molecule has 74 valence electrons. The summed E-state index contributed by atoms with van der Waals surface area (Å²) in [6.45, 7) is 1.89. The SMILES string of the molecule is CC1(OC(=O)COC=O)CCCC1. The van der Waals surface area contributed by atoms with Gasteiger partial charge in [0.25, 0.3) is 6.47 Å². The largest absolute Gasteiger partial charge is 0.457 e. The van der Waals surface area contributed by atoms with Gasteiger partial charge in [0.05, 0.1) is 0 Å². The first-order valence-electron chi connectivity index (χ1n) is 4.43. The van der Waals surface area contributed by atoms with E-state index in [1.165, 1.54) is 0 Å². The predicted molar refractivity (Wildman–Crippen MR) is 45.0 cm³/mol. The zero-order chi connectivity index (χ0) is 9.73. The Labute approximate surface area is 77.2 Å². The van der Waals surface area contributed by atoms with Gasteiger partial charge in [0.2, 0.25) is 0 Å². The molecule has 1 fully saturated rings. The molecule has 1 aliphatic carbocycles. The molecule has 4 heteroatoms. The highest BCUT2D eigenvalue weighted by atomic mass is 16.6. The van der Waals surface area contributed by atoms with Crippen LogP contribution in [0.4, 0.5) is 0 Å². The molecule has 0 unspecified atom stereocenters. The molecule has 0 aromatic rings. The van der Waals surface area contributed by atoms with E-state index in [2.05, 4.69) is 4.74 Å². The van der Waals surface area contributed by atoms with E-state index in [0.29, 0.717) is 0 Å². The van der Waals surface area contributed by atoms with Crippen LogP contribution in [-0.4, -0.2) is 24.6 Å². The monoisotopic (exact) mass is 186 g/mol. The van der Waals surface area contributed by atoms with Crippen LogP contribution >= 0.6 is 0 Å². The van der Waals surface area contributed by atoms with Gasteiger partial charge in [-0.25, -0.2) is 4.79 Å². The highest BCUT2D eigenvalue weighted by Crippen LogP contribution is 2.32. The van der Waals surface area contributed by atoms with Crippen molar-refractivity contribution in [3.8, 4) is 0 Å². The molecule has 0 aromatic carbocycles. The molecule has 0 atom stereocenters. The van der Waals surface area contributed by atoms with Gasteiger partial charge in [0, 0.05) is 0 Å². The Morgan fingerprint density at radius 1 is 1.46 bits per heavy atom. The van der Waals surface area contributed by atoms with Gasteiger partial charge in [-0.15, -0.1) is 0 Å². The van der Waals surface area contributed by atoms with Gasteiger partial charge in [-0.3, -0.25) is 4.79 Å². The lowest BCUT2D eigenvalue weighted by Gasteiger charge is -2.23. The van der Waals surface area contributed by atoms with Crippen LogP contribution < -0.4 is 0 Å². The summed E-state index contributed by atoms with van der Waals surface area (Å²) in [6.07, 6.45) is 4.00. The normalized spacial score (nSPS) is 19.5. The van der Waals surface area contributed by atoms with Crippen molar-refractivity contribution < 1.29 is 19.1 Å². The van der Waals surface area contributed by atoms with Crippen LogP contribution in [0.3, 0.4) is 0 Å². The van der Waals surface area contributed by atoms with Crippen LogP contribution in [0.2, 0.25) is 0 Å². The molecular weight excluding hydrogens is 172 g/mol. The van der Waals surface area contributed by atoms with Gasteiger partial charge in [-0.05, 0) is 32.6 Å². The van der Waals surface area contributed by atoms with E-state index in [0.717, 1.165) is 25.7 Å². The first-order chi connectivity index (χ1) is 6.16. The zero-order valence-corrected chi connectivity index (χ0v) is 7.75. The standard InChI is InChI=1S/C9H14O4/c1-9(4-2-3-5-9)13-8(11)6-12-7-10/h7H,2-6H2,1H3. The average molecular weight is 186 g/mol. The van der Waals surface area contributed by atoms with Crippen molar-refractivity contribution in [2.75, 3.05) is 6.61 Å². The summed E-state index contributed by atoms with van der Waals surface area (Å²) in [5.74, 6) is -0.462. The Bertz CT molecular complexity index is 194. The van der Waals surface area contributed by atoms with Crippen LogP contribution in [-0.2, 0) is 19.1 Å². The van der Waals surface area contributed by atoms with E-state index in [1.54, 1.807) is 0 Å². The van der Waals surface area contributed by atoms with Crippen molar-refractivity contribution in [3.63, 3.8) is 0 Å². The van der Waals surface area contributed by atoms with Gasteiger partial charge in [-0.1, -0.05) is 0 Å². The number of carbonyl (C=O) groups is 2. The molecule has 0 spiro atoms. The van der Waals surface area contributed by atoms with Crippen molar-refractivity contribution in [2.45, 2.75) is 38.2 Å². The second-order valence-corrected chi connectivity index (χ2v) is 3.54. The minimum Gasteiger partial charge on any atom is -0.457 e. The quantitative estimate of drug-likeness (QED) is 0.486. The molecule has 0 N–H and O–H groups in total. The fourth-order valence-electron chi connectivity index (χ4n) is 1.63. The van der Waals surface area contributed by atoms with E-state index in [4.69, 9.17) is 4.74 Å². The van der Waals surface area contributed by atoms with Crippen LogP contribution in [0.1, 0.15) is 32.6 Å². The Kier molecular flexibility index (Phi) is 3.28. The minimum absolute atomic E-state index is 0.248. The third kappa shape index (κ3) is 3.05. The van der Waals surface area contributed by atoms with Gasteiger partial charge < -0.3 is 9.47 Å². The summed E-state index contributed by atoms with van der Waals surface area (Å²) in [7, 11) is 0. The Morgan fingerprint density at radius 3 is 2.62 bits per heavy atom. The molecule has 0 bridgehead atoms. The predicted octanol–water partition coefficient (Wildman–Crippen LogP) is 1.04. The topological polar surface area (TPSA) is 52.6 Å². The molecular formula is C9H14O4. The summed E-state index contributed by atoms with van der Waals surface area (Å²) >= 11 is 0. The zero-order valence-electron chi connectivity index (χ0n) is 7.75. The first-order valence-corrected chi connectivity index (χ1v) is 4.43. The van der Waals surface area contributed by atoms with E-state index < -0.39 is 5.97 Å². The lowest BCUT2D eigenvalue weighted by atomic mass is 10.1. The van der Waals surface area contributed by atoms with Crippen molar-refractivity contribution in [3.05, 3.63) is 0 Å². The molecule has 0 radical (unpaired) electrons. The van der Waals surface area contributed by atoms with Gasteiger partial charge in [0.15, 0.2) is 6.61 Å². The summed E-state index contributed by atoms with van der Waals surface area (Å²) in [5, 5.41) is 0. The average Bonchev–Trinajstić information content (AvgIpc) is 2.48. The Hall–Kier alpha value is -1.06. The maximum Gasteiger partial charge on any atom is 0.344 e. The molecule has 4 nitrogen and oxygen atoms in total. The van der Waals surface area contributed by atoms with Crippen molar-refractivity contribution in [1.29, 1.82) is 0 Å². The Morgan fingerprint density at radius 2 is 2.08 bits per heavy atom. The van der Waals surface area contributed by atoms with Crippen molar-refractivity contribution in [2.24, 2.45) is 0 Å². The van der Waals surface area contributed by atoms with Crippen LogP contribution in [0.15, 0.2) is 0 Å². The molecule has 0 saturated heterocycles. The van der Waals surface area contributed by atoms with Crippen LogP contribution in [0.5, 0.6) is 0 Å². The van der Waals surface area contributed by atoms with Crippen molar-refractivity contribution in [1.82, 2.24) is 0 Å². The van der Waals surface area contributed by atoms with Crippen LogP contribution in [0, 0.1) is 0 Å². The number of hydrogen-bond donors (Lipinski definition) is 0. The molecule has 0 heterocycles. The molecule has 0 aliphatic heterocycles. The van der Waals surface area contributed by atoms with Gasteiger partial charge in [0.1, 0.15) is 5.60 Å². The van der Waals surface area contributed by atoms with E-state index in [-0.39, 0.29) is 18.7 Å². The maximum absolute atomic E-state index is 11.1. The maximum atomic E-state index is 11.1. The fourth-order valence-corrected chi connectivity index (χ4v) is 1.63. The number of esters is 1. The van der Waals surface area contributed by atoms with E-state index in [9.17, 15) is 9.59 Å². The van der Waals surface area contributed by atoms with Crippen molar-refractivity contribution >= 4 is 12.4 Å². The lowest BCUT2D eigenvalue weighted by molar-refractivity contribution is -0.164. The third-order valence-corrected chi connectivity index (χ3v) is 2.29. The lowest BCUT2D eigenvalue weighted by Crippen LogP contribution is -2.30. The second-order valence-electron chi connectivity index (χ2n) is 3.54. The van der Waals surface area contributed by atoms with Gasteiger partial charge in [-0.2, -0.15) is 0 Å². The van der Waals surface area contributed by atoms with E-state index >= 15 is 0 Å². The molecule has 13 heavy (non-hydrogen) atoms. The summed E-state index contributed by atoms with van der Waals surface area (Å²) in [6, 6.07) is 0. The van der Waals surface area contributed by atoms with Crippen LogP contribution in [0.25, 0.3) is 0 Å². The molecule has 0 aromatic heterocycles. The third-order valence-electron chi connectivity index (χ3n) is 2.29. The number of rotatable bonds is 4. The highest BCUT2D eigenvalue weighted by molar-refractivity contribution is 5.72. The number of hydrogen-bond acceptors (Lipinski definition) is 4. The summed E-state index contributed by atoms with van der Waals surface area (Å²) in [5.41, 5.74) is -0.330. The number of carbonyl (C=O) groups excluding carboxylic acids is 2. The summed E-state index contributed by atoms with van der Waals surface area (Å²) in [4.78, 5) is 20.9. The van der Waals surface area contributed by atoms with Gasteiger partial charge >= 0.3 is 5.97 Å². The molecule has 1 saturated carbocycles. The fraction of sp³-hybridized carbons (Fsp3) is 0.778. The second kappa shape index (κ2) is 4.25. The number of ether oxygens (including phenoxy) is 2. The minimum atomic E-state index is -0.462. The molecule has 1 rings (SSSR count). The summed E-state index contributed by atoms with van der Waals surface area (Å²) < 4.78 is 9.47. The smallest absolute Gasteiger partial charge is 0.344 e. The molecule has 0 amide bonds.